The van der Waals surface area contributed by atoms with Gasteiger partial charge in [-0.05, 0) is 75.5 Å². The summed E-state index contributed by atoms with van der Waals surface area (Å²) in [4.78, 5) is 2.41. The first kappa shape index (κ1) is 31.6. The second-order valence-corrected chi connectivity index (χ2v) is 15.1. The zero-order valence-electron chi connectivity index (χ0n) is 29.8. The van der Waals surface area contributed by atoms with Crippen molar-refractivity contribution in [2.24, 2.45) is 0 Å². The maximum Gasteiger partial charge on any atom is 0.159 e. The fraction of sp³-hybridized carbons (Fsp3) is 0. The molecule has 0 aliphatic heterocycles. The first-order chi connectivity index (χ1) is 27.3. The Labute approximate surface area is 322 Å². The van der Waals surface area contributed by atoms with Crippen molar-refractivity contribution in [3.05, 3.63) is 200 Å². The van der Waals surface area contributed by atoms with Gasteiger partial charge in [0.1, 0.15) is 5.58 Å². The molecule has 258 valence electrons. The second-order valence-electron chi connectivity index (χ2n) is 14.0. The lowest BCUT2D eigenvalue weighted by Crippen LogP contribution is -2.11. The van der Waals surface area contributed by atoms with E-state index in [0.717, 1.165) is 61.3 Å². The zero-order chi connectivity index (χ0) is 36.3. The summed E-state index contributed by atoms with van der Waals surface area (Å²) in [7, 11) is 0. The molecule has 0 unspecified atom stereocenters. The van der Waals surface area contributed by atoms with Crippen LogP contribution in [0.2, 0.25) is 0 Å². The Hall–Kier alpha value is -6.94. The van der Waals surface area contributed by atoms with Crippen LogP contribution in [-0.2, 0) is 0 Å². The highest BCUT2D eigenvalue weighted by atomic mass is 32.1. The summed E-state index contributed by atoms with van der Waals surface area (Å²) in [6.45, 7) is 0. The molecule has 0 aliphatic carbocycles. The summed E-state index contributed by atoms with van der Waals surface area (Å²) >= 11 is 1.84. The minimum absolute atomic E-state index is 0.855. The molecule has 2 nitrogen and oxygen atoms in total. The van der Waals surface area contributed by atoms with E-state index in [4.69, 9.17) is 4.42 Å². The molecule has 11 aromatic rings. The van der Waals surface area contributed by atoms with Gasteiger partial charge >= 0.3 is 0 Å². The average Bonchev–Trinajstić information content (AvgIpc) is 3.84. The Balaban J connectivity index is 1.23. The molecule has 0 saturated carbocycles. The summed E-state index contributed by atoms with van der Waals surface area (Å²) in [6, 6.07) is 72.0. The molecular formula is C52H33NOS. The number of anilines is 3. The van der Waals surface area contributed by atoms with E-state index in [1.807, 2.05) is 11.3 Å². The Morgan fingerprint density at radius 1 is 0.364 bits per heavy atom. The van der Waals surface area contributed by atoms with Crippen LogP contribution in [0.4, 0.5) is 17.1 Å². The highest BCUT2D eigenvalue weighted by molar-refractivity contribution is 7.25. The molecule has 0 radical (unpaired) electrons. The molecule has 0 spiro atoms. The van der Waals surface area contributed by atoms with Crippen molar-refractivity contribution in [1.82, 2.24) is 0 Å². The van der Waals surface area contributed by atoms with E-state index < -0.39 is 0 Å². The van der Waals surface area contributed by atoms with Gasteiger partial charge in [-0.15, -0.1) is 11.3 Å². The van der Waals surface area contributed by atoms with Crippen molar-refractivity contribution < 1.29 is 4.42 Å². The number of hydrogen-bond donors (Lipinski definition) is 0. The normalized spacial score (nSPS) is 11.6. The lowest BCUT2D eigenvalue weighted by atomic mass is 9.95. The van der Waals surface area contributed by atoms with E-state index in [1.165, 1.54) is 42.1 Å². The van der Waals surface area contributed by atoms with Gasteiger partial charge < -0.3 is 9.32 Å². The van der Waals surface area contributed by atoms with Crippen LogP contribution in [-0.4, -0.2) is 0 Å². The number of para-hydroxylation sites is 1. The average molecular weight is 720 g/mol. The summed E-state index contributed by atoms with van der Waals surface area (Å²) < 4.78 is 9.78. The summed E-state index contributed by atoms with van der Waals surface area (Å²) in [5, 5.41) is 7.17. The number of furan rings is 1. The summed E-state index contributed by atoms with van der Waals surface area (Å²) in [6.07, 6.45) is 0. The molecule has 0 N–H and O–H groups in total. The minimum Gasteiger partial charge on any atom is -0.453 e. The van der Waals surface area contributed by atoms with Crippen LogP contribution >= 0.6 is 11.3 Å². The third kappa shape index (κ3) is 5.24. The molecule has 0 saturated heterocycles. The standard InChI is InChI=1S/C52H33NOS/c1-4-15-34(16-5-1)37-27-30-46(44(31-37)35-17-6-2-7-18-35)53(39-28-29-42-41-23-12-13-26-48(41)55-49(42)33-39)47-25-14-24-43-50-40-22-11-10-21-38(40)32-45(52(50)54-51(43)47)36-19-8-3-9-20-36/h1-33H. The molecule has 2 heterocycles. The monoisotopic (exact) mass is 719 g/mol. The molecule has 0 aliphatic rings. The molecular weight excluding hydrogens is 687 g/mol. The zero-order valence-corrected chi connectivity index (χ0v) is 30.6. The van der Waals surface area contributed by atoms with Crippen molar-refractivity contribution in [1.29, 1.82) is 0 Å². The highest BCUT2D eigenvalue weighted by Crippen LogP contribution is 2.49. The lowest BCUT2D eigenvalue weighted by molar-refractivity contribution is 0.670. The maximum atomic E-state index is 7.24. The summed E-state index contributed by atoms with van der Waals surface area (Å²) in [5.74, 6) is 0. The maximum absolute atomic E-state index is 7.24. The highest BCUT2D eigenvalue weighted by Gasteiger charge is 2.25. The molecule has 0 atom stereocenters. The second kappa shape index (κ2) is 12.9. The van der Waals surface area contributed by atoms with Gasteiger partial charge in [-0.2, -0.15) is 0 Å². The van der Waals surface area contributed by atoms with E-state index in [9.17, 15) is 0 Å². The molecule has 11 rings (SSSR count). The smallest absolute Gasteiger partial charge is 0.159 e. The number of thiophene rings is 1. The third-order valence-electron chi connectivity index (χ3n) is 10.8. The van der Waals surface area contributed by atoms with Crippen molar-refractivity contribution in [2.45, 2.75) is 0 Å². The van der Waals surface area contributed by atoms with Gasteiger partial charge in [-0.1, -0.05) is 158 Å². The predicted molar refractivity (Wildman–Crippen MR) is 235 cm³/mol. The van der Waals surface area contributed by atoms with Gasteiger partial charge in [-0.3, -0.25) is 0 Å². The Bertz CT molecular complexity index is 3200. The predicted octanol–water partition coefficient (Wildman–Crippen LogP) is 15.6. The number of hydrogen-bond acceptors (Lipinski definition) is 3. The van der Waals surface area contributed by atoms with Gasteiger partial charge in [0.2, 0.25) is 0 Å². The van der Waals surface area contributed by atoms with Gasteiger partial charge in [-0.25, -0.2) is 0 Å². The summed E-state index contributed by atoms with van der Waals surface area (Å²) in [5.41, 5.74) is 11.8. The van der Waals surface area contributed by atoms with E-state index >= 15 is 0 Å². The van der Waals surface area contributed by atoms with Crippen LogP contribution < -0.4 is 4.90 Å². The molecule has 0 amide bonds. The number of benzene rings is 9. The van der Waals surface area contributed by atoms with Crippen molar-refractivity contribution in [3.8, 4) is 33.4 Å². The fourth-order valence-corrected chi connectivity index (χ4v) is 9.43. The first-order valence-electron chi connectivity index (χ1n) is 18.7. The van der Waals surface area contributed by atoms with Crippen LogP contribution in [0.25, 0.3) is 86.3 Å². The Kier molecular flexibility index (Phi) is 7.39. The Morgan fingerprint density at radius 3 is 1.78 bits per heavy atom. The van der Waals surface area contributed by atoms with Crippen molar-refractivity contribution in [3.63, 3.8) is 0 Å². The van der Waals surface area contributed by atoms with Crippen LogP contribution in [0.1, 0.15) is 0 Å². The fourth-order valence-electron chi connectivity index (χ4n) is 8.29. The molecule has 2 aromatic heterocycles. The molecule has 3 heteroatoms. The van der Waals surface area contributed by atoms with Gasteiger partial charge in [0.25, 0.3) is 0 Å². The number of fused-ring (bicyclic) bond motifs is 8. The van der Waals surface area contributed by atoms with Gasteiger partial charge in [0.15, 0.2) is 5.58 Å². The molecule has 55 heavy (non-hydrogen) atoms. The largest absolute Gasteiger partial charge is 0.453 e. The quantitative estimate of drug-likeness (QED) is 0.170. The number of nitrogens with zero attached hydrogens (tertiary/aromatic N) is 1. The van der Waals surface area contributed by atoms with Gasteiger partial charge in [0, 0.05) is 47.8 Å². The van der Waals surface area contributed by atoms with Crippen LogP contribution in [0.15, 0.2) is 205 Å². The van der Waals surface area contributed by atoms with Crippen molar-refractivity contribution >= 4 is 81.3 Å². The SMILES string of the molecule is c1ccc(-c2ccc(N(c3ccc4c(c3)sc3ccccc34)c3cccc4c3oc3c(-c5ccccc5)cc5ccccc5c34)c(-c3ccccc3)c2)cc1. The molecule has 0 fully saturated rings. The van der Waals surface area contributed by atoms with E-state index in [2.05, 4.69) is 205 Å². The third-order valence-corrected chi connectivity index (χ3v) is 12.0. The minimum atomic E-state index is 0.855. The van der Waals surface area contributed by atoms with Gasteiger partial charge in [0.05, 0.1) is 11.4 Å². The van der Waals surface area contributed by atoms with Crippen LogP contribution in [0.3, 0.4) is 0 Å². The van der Waals surface area contributed by atoms with Crippen LogP contribution in [0, 0.1) is 0 Å². The topological polar surface area (TPSA) is 16.4 Å². The van der Waals surface area contributed by atoms with E-state index in [1.54, 1.807) is 0 Å². The van der Waals surface area contributed by atoms with Crippen LogP contribution in [0.5, 0.6) is 0 Å². The Morgan fingerprint density at radius 2 is 1.00 bits per heavy atom. The van der Waals surface area contributed by atoms with E-state index in [0.29, 0.717) is 0 Å². The molecule has 0 bridgehead atoms. The van der Waals surface area contributed by atoms with Crippen molar-refractivity contribution in [2.75, 3.05) is 4.90 Å². The lowest BCUT2D eigenvalue weighted by Gasteiger charge is -2.28. The first-order valence-corrected chi connectivity index (χ1v) is 19.5. The number of rotatable bonds is 6. The molecule has 9 aromatic carbocycles. The van der Waals surface area contributed by atoms with E-state index in [-0.39, 0.29) is 0 Å².